The molecule has 3 nitrogen and oxygen atoms in total. The number of carbonyl (C=O) groups excluding carboxylic acids is 1. The summed E-state index contributed by atoms with van der Waals surface area (Å²) in [6, 6.07) is 9.41. The minimum absolute atomic E-state index is 0.319. The largest absolute Gasteiger partial charge is 0.497 e. The molecule has 98 valence electrons. The lowest BCUT2D eigenvalue weighted by molar-refractivity contribution is 0.100. The van der Waals surface area contributed by atoms with Gasteiger partial charge < -0.3 is 10.5 Å². The molecule has 0 spiro atoms. The first-order valence-corrected chi connectivity index (χ1v) is 6.25. The van der Waals surface area contributed by atoms with Crippen molar-refractivity contribution in [3.8, 4) is 16.9 Å². The Morgan fingerprint density at radius 1 is 1.26 bits per heavy atom. The van der Waals surface area contributed by atoms with Crippen molar-refractivity contribution >= 4 is 21.8 Å². The van der Waals surface area contributed by atoms with Crippen LogP contribution in [0.3, 0.4) is 0 Å². The summed E-state index contributed by atoms with van der Waals surface area (Å²) in [5, 5.41) is 0. The number of ether oxygens (including phenoxy) is 1. The van der Waals surface area contributed by atoms with Crippen LogP contribution >= 0.6 is 15.9 Å². The molecule has 19 heavy (non-hydrogen) atoms. The van der Waals surface area contributed by atoms with Gasteiger partial charge in [-0.05, 0) is 35.9 Å². The smallest absolute Gasteiger partial charge is 0.248 e. The Morgan fingerprint density at radius 2 is 2.00 bits per heavy atom. The number of carbonyl (C=O) groups is 1. The van der Waals surface area contributed by atoms with Crippen molar-refractivity contribution < 1.29 is 13.9 Å². The van der Waals surface area contributed by atoms with Crippen molar-refractivity contribution in [1.82, 2.24) is 0 Å². The highest BCUT2D eigenvalue weighted by Crippen LogP contribution is 2.29. The first-order valence-electron chi connectivity index (χ1n) is 5.45. The summed E-state index contributed by atoms with van der Waals surface area (Å²) in [4.78, 5) is 11.2. The zero-order valence-corrected chi connectivity index (χ0v) is 11.7. The Morgan fingerprint density at radius 3 is 2.58 bits per heavy atom. The Labute approximate surface area is 118 Å². The second-order valence-corrected chi connectivity index (χ2v) is 4.85. The van der Waals surface area contributed by atoms with Crippen LogP contribution in [-0.2, 0) is 0 Å². The zero-order valence-electron chi connectivity index (χ0n) is 10.1. The number of benzene rings is 2. The molecule has 0 fully saturated rings. The molecule has 1 amide bonds. The molecule has 2 aromatic rings. The molecule has 0 unspecified atom stereocenters. The summed E-state index contributed by atoms with van der Waals surface area (Å²) in [7, 11) is 1.47. The molecule has 0 radical (unpaired) electrons. The third kappa shape index (κ3) is 2.93. The third-order valence-corrected chi connectivity index (χ3v) is 3.13. The van der Waals surface area contributed by atoms with Gasteiger partial charge >= 0.3 is 0 Å². The predicted molar refractivity (Wildman–Crippen MR) is 74.6 cm³/mol. The maximum atomic E-state index is 14.0. The van der Waals surface area contributed by atoms with Crippen molar-refractivity contribution in [2.45, 2.75) is 0 Å². The quantitative estimate of drug-likeness (QED) is 0.941. The molecule has 0 atom stereocenters. The normalized spacial score (nSPS) is 10.3. The second-order valence-electron chi connectivity index (χ2n) is 3.94. The van der Waals surface area contributed by atoms with Crippen LogP contribution in [0.4, 0.5) is 4.39 Å². The van der Waals surface area contributed by atoms with Gasteiger partial charge in [-0.15, -0.1) is 0 Å². The minimum Gasteiger partial charge on any atom is -0.497 e. The Bertz CT molecular complexity index is 643. The van der Waals surface area contributed by atoms with Crippen LogP contribution in [-0.4, -0.2) is 13.0 Å². The van der Waals surface area contributed by atoms with Gasteiger partial charge in [0.05, 0.1) is 7.11 Å². The molecule has 0 heterocycles. The number of rotatable bonds is 3. The van der Waals surface area contributed by atoms with Gasteiger partial charge in [-0.1, -0.05) is 15.9 Å². The third-order valence-electron chi connectivity index (χ3n) is 2.67. The van der Waals surface area contributed by atoms with Crippen molar-refractivity contribution in [2.24, 2.45) is 5.73 Å². The van der Waals surface area contributed by atoms with Gasteiger partial charge in [-0.2, -0.15) is 0 Å². The Hall–Kier alpha value is -1.88. The van der Waals surface area contributed by atoms with Crippen molar-refractivity contribution in [1.29, 1.82) is 0 Å². The van der Waals surface area contributed by atoms with E-state index in [0.29, 0.717) is 26.9 Å². The van der Waals surface area contributed by atoms with Crippen LogP contribution in [0.1, 0.15) is 10.4 Å². The highest BCUT2D eigenvalue weighted by atomic mass is 79.9. The lowest BCUT2D eigenvalue weighted by Crippen LogP contribution is -2.10. The number of primary amides is 1. The van der Waals surface area contributed by atoms with Gasteiger partial charge in [-0.25, -0.2) is 4.39 Å². The van der Waals surface area contributed by atoms with Gasteiger partial charge in [0.1, 0.15) is 11.6 Å². The van der Waals surface area contributed by atoms with Gasteiger partial charge in [0.25, 0.3) is 0 Å². The summed E-state index contributed by atoms with van der Waals surface area (Å²) >= 11 is 3.28. The average Bonchev–Trinajstić information content (AvgIpc) is 2.37. The summed E-state index contributed by atoms with van der Waals surface area (Å²) < 4.78 is 19.6. The standard InChI is InChI=1S/C14H11BrFNO2/c1-19-11-2-3-12(13(16)7-11)8-4-9(14(17)18)6-10(15)5-8/h2-7H,1H3,(H2,17,18). The molecule has 2 N–H and O–H groups in total. The maximum Gasteiger partial charge on any atom is 0.248 e. The fraction of sp³-hybridized carbons (Fsp3) is 0.0714. The second kappa shape index (κ2) is 5.40. The zero-order chi connectivity index (χ0) is 14.0. The fourth-order valence-corrected chi connectivity index (χ4v) is 2.24. The molecule has 0 saturated carbocycles. The highest BCUT2D eigenvalue weighted by Gasteiger charge is 2.10. The minimum atomic E-state index is -0.559. The van der Waals surface area contributed by atoms with Crippen molar-refractivity contribution in [2.75, 3.05) is 7.11 Å². The molecule has 0 aliphatic carbocycles. The van der Waals surface area contributed by atoms with E-state index in [2.05, 4.69) is 15.9 Å². The van der Waals surface area contributed by atoms with Crippen LogP contribution in [0.5, 0.6) is 5.75 Å². The van der Waals surface area contributed by atoms with E-state index in [1.165, 1.54) is 13.2 Å². The summed E-state index contributed by atoms with van der Waals surface area (Å²) in [6.45, 7) is 0. The summed E-state index contributed by atoms with van der Waals surface area (Å²) in [5.41, 5.74) is 6.51. The van der Waals surface area contributed by atoms with Gasteiger partial charge in [0.2, 0.25) is 5.91 Å². The number of nitrogens with two attached hydrogens (primary N) is 1. The lowest BCUT2D eigenvalue weighted by atomic mass is 10.0. The maximum absolute atomic E-state index is 14.0. The van der Waals surface area contributed by atoms with E-state index in [-0.39, 0.29) is 0 Å². The van der Waals surface area contributed by atoms with Crippen molar-refractivity contribution in [3.63, 3.8) is 0 Å². The van der Waals surface area contributed by atoms with Gasteiger partial charge in [0.15, 0.2) is 0 Å². The number of hydrogen-bond donors (Lipinski definition) is 1. The SMILES string of the molecule is COc1ccc(-c2cc(Br)cc(C(N)=O)c2)c(F)c1. The predicted octanol–water partition coefficient (Wildman–Crippen LogP) is 3.36. The summed E-state index contributed by atoms with van der Waals surface area (Å²) in [6.07, 6.45) is 0. The molecule has 5 heteroatoms. The van der Waals surface area contributed by atoms with Crippen LogP contribution in [0.2, 0.25) is 0 Å². The Kier molecular flexibility index (Phi) is 3.85. The van der Waals surface area contributed by atoms with E-state index in [0.717, 1.165) is 0 Å². The molecule has 2 aromatic carbocycles. The molecular formula is C14H11BrFNO2. The number of amides is 1. The van der Waals surface area contributed by atoms with E-state index >= 15 is 0 Å². The lowest BCUT2D eigenvalue weighted by Gasteiger charge is -2.08. The fourth-order valence-electron chi connectivity index (χ4n) is 1.74. The molecule has 0 aromatic heterocycles. The van der Waals surface area contributed by atoms with Crippen LogP contribution in [0, 0.1) is 5.82 Å². The molecule has 2 rings (SSSR count). The van der Waals surface area contributed by atoms with Gasteiger partial charge in [-0.3, -0.25) is 4.79 Å². The number of hydrogen-bond acceptors (Lipinski definition) is 2. The summed E-state index contributed by atoms with van der Waals surface area (Å²) in [5.74, 6) is -0.546. The van der Waals surface area contributed by atoms with Crippen molar-refractivity contribution in [3.05, 3.63) is 52.3 Å². The monoisotopic (exact) mass is 323 g/mol. The van der Waals surface area contributed by atoms with Crippen LogP contribution < -0.4 is 10.5 Å². The van der Waals surface area contributed by atoms with Crippen LogP contribution in [0.15, 0.2) is 40.9 Å². The van der Waals surface area contributed by atoms with E-state index in [9.17, 15) is 9.18 Å². The molecule has 0 bridgehead atoms. The molecular weight excluding hydrogens is 313 g/mol. The molecule has 0 saturated heterocycles. The number of methoxy groups -OCH3 is 1. The molecule has 0 aliphatic rings. The highest BCUT2D eigenvalue weighted by molar-refractivity contribution is 9.10. The van der Waals surface area contributed by atoms with Crippen LogP contribution in [0.25, 0.3) is 11.1 Å². The topological polar surface area (TPSA) is 52.3 Å². The van der Waals surface area contributed by atoms with E-state index in [1.807, 2.05) is 0 Å². The Balaban J connectivity index is 2.55. The first kappa shape index (κ1) is 13.5. The van der Waals surface area contributed by atoms with Gasteiger partial charge in [0, 0.05) is 21.7 Å². The first-order chi connectivity index (χ1) is 9.01. The van der Waals surface area contributed by atoms with E-state index in [4.69, 9.17) is 10.5 Å². The average molecular weight is 324 g/mol. The van der Waals surface area contributed by atoms with E-state index in [1.54, 1.807) is 30.3 Å². The van der Waals surface area contributed by atoms with E-state index < -0.39 is 11.7 Å². The molecule has 0 aliphatic heterocycles. The number of halogens is 2.